The molecule has 0 aliphatic carbocycles. The van der Waals surface area contributed by atoms with E-state index in [0.29, 0.717) is 0 Å². The smallest absolute Gasteiger partial charge is 0.160 e. The van der Waals surface area contributed by atoms with Gasteiger partial charge < -0.3 is 0 Å². The van der Waals surface area contributed by atoms with E-state index in [2.05, 4.69) is 0 Å². The van der Waals surface area contributed by atoms with Crippen molar-refractivity contribution in [3.8, 4) is 0 Å². The summed E-state index contributed by atoms with van der Waals surface area (Å²) in [6, 6.07) is 0. The van der Waals surface area contributed by atoms with Crippen LogP contribution in [0, 0.1) is 0 Å². The second kappa shape index (κ2) is 2.47. The summed E-state index contributed by atoms with van der Waals surface area (Å²) in [6.45, 7) is 10.4. The van der Waals surface area contributed by atoms with Gasteiger partial charge in [0.25, 0.3) is 0 Å². The van der Waals surface area contributed by atoms with E-state index in [9.17, 15) is 8.42 Å². The van der Waals surface area contributed by atoms with Crippen LogP contribution in [0.3, 0.4) is 0 Å². The summed E-state index contributed by atoms with van der Waals surface area (Å²) in [6.07, 6.45) is 0. The van der Waals surface area contributed by atoms with E-state index < -0.39 is 19.3 Å². The lowest BCUT2D eigenvalue weighted by molar-refractivity contribution is 0.525. The highest BCUT2D eigenvalue weighted by Crippen LogP contribution is 2.27. The number of sulfone groups is 1. The van der Waals surface area contributed by atoms with Crippen molar-refractivity contribution in [2.45, 2.75) is 51.0 Å². The highest BCUT2D eigenvalue weighted by molar-refractivity contribution is 7.94. The molecule has 11 heavy (non-hydrogen) atoms. The normalized spacial score (nSPS) is 15.1. The average molecular weight is 178 g/mol. The predicted octanol–water partition coefficient (Wildman–Crippen LogP) is 2.00. The Morgan fingerprint density at radius 2 is 0.909 bits per heavy atom. The zero-order valence-corrected chi connectivity index (χ0v) is 9.04. The Bertz CT molecular complexity index is 204. The molecule has 68 valence electrons. The Kier molecular flexibility index (Phi) is 2.46. The number of hydrogen-bond donors (Lipinski definition) is 0. The second-order valence-electron chi connectivity index (χ2n) is 4.73. The average Bonchev–Trinajstić information content (AvgIpc) is 1.58. The topological polar surface area (TPSA) is 34.1 Å². The van der Waals surface area contributed by atoms with Gasteiger partial charge in [-0.3, -0.25) is 0 Å². The Balaban J connectivity index is 5.11. The van der Waals surface area contributed by atoms with Crippen molar-refractivity contribution >= 4 is 9.84 Å². The van der Waals surface area contributed by atoms with Gasteiger partial charge in [0.2, 0.25) is 0 Å². The molecule has 0 rings (SSSR count). The molecule has 0 atom stereocenters. The van der Waals surface area contributed by atoms with Crippen molar-refractivity contribution < 1.29 is 8.42 Å². The van der Waals surface area contributed by atoms with E-state index in [4.69, 9.17) is 0 Å². The summed E-state index contributed by atoms with van der Waals surface area (Å²) in [5.41, 5.74) is 0. The number of hydrogen-bond acceptors (Lipinski definition) is 2. The lowest BCUT2D eigenvalue weighted by atomic mass is 10.2. The Labute approximate surface area is 69.9 Å². The first-order chi connectivity index (χ1) is 4.50. The summed E-state index contributed by atoms with van der Waals surface area (Å²) in [4.78, 5) is 0. The molecule has 0 bridgehead atoms. The maximum atomic E-state index is 11.7. The summed E-state index contributed by atoms with van der Waals surface area (Å²) in [5.74, 6) is 0. The molecule has 0 aliphatic rings. The molecule has 0 N–H and O–H groups in total. The largest absolute Gasteiger partial charge is 0.228 e. The van der Waals surface area contributed by atoms with Crippen molar-refractivity contribution in [3.63, 3.8) is 0 Å². The van der Waals surface area contributed by atoms with Crippen LogP contribution < -0.4 is 0 Å². The molecule has 3 heteroatoms. The summed E-state index contributed by atoms with van der Waals surface area (Å²) >= 11 is 0. The third-order valence-electron chi connectivity index (χ3n) is 1.61. The number of rotatable bonds is 0. The van der Waals surface area contributed by atoms with Gasteiger partial charge in [-0.05, 0) is 41.5 Å². The highest BCUT2D eigenvalue weighted by Gasteiger charge is 2.39. The summed E-state index contributed by atoms with van der Waals surface area (Å²) in [7, 11) is -3.01. The van der Waals surface area contributed by atoms with E-state index in [-0.39, 0.29) is 0 Å². The maximum Gasteiger partial charge on any atom is 0.160 e. The van der Waals surface area contributed by atoms with Crippen LogP contribution in [0.5, 0.6) is 0 Å². The van der Waals surface area contributed by atoms with E-state index in [1.807, 2.05) is 0 Å². The molecule has 0 fully saturated rings. The quantitative estimate of drug-likeness (QED) is 0.568. The van der Waals surface area contributed by atoms with Crippen molar-refractivity contribution in [3.05, 3.63) is 0 Å². The molecule has 0 saturated heterocycles. The molecule has 0 heterocycles. The van der Waals surface area contributed by atoms with E-state index >= 15 is 0 Å². The van der Waals surface area contributed by atoms with E-state index in [1.165, 1.54) is 0 Å². The minimum atomic E-state index is -3.01. The van der Waals surface area contributed by atoms with Crippen LogP contribution in [0.15, 0.2) is 0 Å². The van der Waals surface area contributed by atoms with Crippen molar-refractivity contribution in [2.75, 3.05) is 0 Å². The van der Waals surface area contributed by atoms with Crippen LogP contribution in [0.25, 0.3) is 0 Å². The lowest BCUT2D eigenvalue weighted by Crippen LogP contribution is -2.41. The maximum absolute atomic E-state index is 11.7. The summed E-state index contributed by atoms with van der Waals surface area (Å²) in [5, 5.41) is 0. The van der Waals surface area contributed by atoms with Crippen molar-refractivity contribution in [1.29, 1.82) is 0 Å². The zero-order chi connectivity index (χ0) is 9.50. The molecule has 0 aliphatic heterocycles. The third-order valence-corrected chi connectivity index (χ3v) is 4.84. The van der Waals surface area contributed by atoms with Gasteiger partial charge in [0.15, 0.2) is 9.84 Å². The zero-order valence-electron chi connectivity index (χ0n) is 8.22. The van der Waals surface area contributed by atoms with Gasteiger partial charge in [-0.1, -0.05) is 0 Å². The van der Waals surface area contributed by atoms with Crippen molar-refractivity contribution in [1.82, 2.24) is 0 Å². The van der Waals surface area contributed by atoms with Gasteiger partial charge in [-0.25, -0.2) is 8.42 Å². The van der Waals surface area contributed by atoms with Crippen LogP contribution in [0.2, 0.25) is 0 Å². The summed E-state index contributed by atoms with van der Waals surface area (Å²) < 4.78 is 22.1. The van der Waals surface area contributed by atoms with Gasteiger partial charge in [-0.2, -0.15) is 0 Å². The molecule has 0 aromatic rings. The molecule has 0 aromatic heterocycles. The standard InChI is InChI=1S/C8H18O2S/c1-7(2,3)11(9,10)8(4,5)6/h1-6H3. The first-order valence-corrected chi connectivity index (χ1v) is 5.22. The van der Waals surface area contributed by atoms with Crippen LogP contribution in [-0.4, -0.2) is 17.9 Å². The van der Waals surface area contributed by atoms with Gasteiger partial charge in [0.1, 0.15) is 0 Å². The van der Waals surface area contributed by atoms with Gasteiger partial charge >= 0.3 is 0 Å². The first kappa shape index (κ1) is 11.0. The van der Waals surface area contributed by atoms with E-state index in [1.54, 1.807) is 41.5 Å². The molecule has 0 aromatic carbocycles. The molecular formula is C8H18O2S. The Morgan fingerprint density at radius 1 is 0.727 bits per heavy atom. The highest BCUT2D eigenvalue weighted by atomic mass is 32.2. The minimum absolute atomic E-state index is 0.648. The van der Waals surface area contributed by atoms with Crippen LogP contribution >= 0.6 is 0 Å². The molecular weight excluding hydrogens is 160 g/mol. The third kappa shape index (κ3) is 1.95. The van der Waals surface area contributed by atoms with Crippen molar-refractivity contribution in [2.24, 2.45) is 0 Å². The molecule has 0 saturated carbocycles. The fourth-order valence-electron chi connectivity index (χ4n) is 0.919. The first-order valence-electron chi connectivity index (χ1n) is 3.74. The van der Waals surface area contributed by atoms with Crippen LogP contribution in [-0.2, 0) is 9.84 Å². The van der Waals surface area contributed by atoms with Gasteiger partial charge in [-0.15, -0.1) is 0 Å². The lowest BCUT2D eigenvalue weighted by Gasteiger charge is -2.29. The Morgan fingerprint density at radius 3 is 0.909 bits per heavy atom. The predicted molar refractivity (Wildman–Crippen MR) is 48.4 cm³/mol. The van der Waals surface area contributed by atoms with Crippen LogP contribution in [0.4, 0.5) is 0 Å². The fourth-order valence-corrected chi connectivity index (χ4v) is 2.76. The molecule has 0 unspecified atom stereocenters. The van der Waals surface area contributed by atoms with E-state index in [0.717, 1.165) is 0 Å². The SMILES string of the molecule is CC(C)(C)S(=O)(=O)C(C)(C)C. The molecule has 0 amide bonds. The van der Waals surface area contributed by atoms with Gasteiger partial charge in [0.05, 0.1) is 9.49 Å². The second-order valence-corrected chi connectivity index (χ2v) is 8.18. The molecule has 0 spiro atoms. The molecule has 0 radical (unpaired) electrons. The van der Waals surface area contributed by atoms with Crippen LogP contribution in [0.1, 0.15) is 41.5 Å². The fraction of sp³-hybridized carbons (Fsp3) is 1.00. The minimum Gasteiger partial charge on any atom is -0.228 e. The van der Waals surface area contributed by atoms with Gasteiger partial charge in [0, 0.05) is 0 Å². The molecule has 2 nitrogen and oxygen atoms in total. The Hall–Kier alpha value is -0.0500. The monoisotopic (exact) mass is 178 g/mol.